The largest absolute Gasteiger partial charge is 0.481 e. The first-order valence-electron chi connectivity index (χ1n) is 7.05. The fraction of sp³-hybridized carbons (Fsp3) is 0.357. The molecule has 0 unspecified atom stereocenters. The summed E-state index contributed by atoms with van der Waals surface area (Å²) in [5.74, 6) is 0.0662. The van der Waals surface area contributed by atoms with E-state index in [9.17, 15) is 4.79 Å². The van der Waals surface area contributed by atoms with Crippen molar-refractivity contribution < 1.29 is 9.90 Å². The zero-order valence-electron chi connectivity index (χ0n) is 12.4. The summed E-state index contributed by atoms with van der Waals surface area (Å²) >= 11 is 0. The number of fused-ring (bicyclic) bond motifs is 1. The van der Waals surface area contributed by atoms with Crippen LogP contribution in [-0.2, 0) is 17.8 Å². The first-order chi connectivity index (χ1) is 10.6. The maximum Gasteiger partial charge on any atom is 0.303 e. The number of aryl methyl sites for hydroxylation is 3. The van der Waals surface area contributed by atoms with Crippen LogP contribution in [0, 0.1) is 6.92 Å². The lowest BCUT2D eigenvalue weighted by Gasteiger charge is -2.01. The van der Waals surface area contributed by atoms with Crippen LogP contribution in [0.2, 0.25) is 0 Å². The van der Waals surface area contributed by atoms with Crippen molar-refractivity contribution in [2.75, 3.05) is 0 Å². The molecule has 3 heterocycles. The highest BCUT2D eigenvalue weighted by Gasteiger charge is 2.14. The van der Waals surface area contributed by atoms with E-state index in [0.717, 1.165) is 23.5 Å². The van der Waals surface area contributed by atoms with Crippen LogP contribution in [0.3, 0.4) is 0 Å². The third-order valence-corrected chi connectivity index (χ3v) is 3.39. The first kappa shape index (κ1) is 14.2. The van der Waals surface area contributed by atoms with Crippen molar-refractivity contribution in [3.8, 4) is 11.3 Å². The van der Waals surface area contributed by atoms with E-state index < -0.39 is 5.97 Å². The van der Waals surface area contributed by atoms with Gasteiger partial charge in [0.15, 0.2) is 5.82 Å². The maximum atomic E-state index is 10.7. The third kappa shape index (κ3) is 2.54. The third-order valence-electron chi connectivity index (χ3n) is 3.39. The van der Waals surface area contributed by atoms with Crippen LogP contribution < -0.4 is 0 Å². The molecule has 0 radical (unpaired) electrons. The molecule has 0 amide bonds. The summed E-state index contributed by atoms with van der Waals surface area (Å²) in [7, 11) is 0. The molecule has 0 aromatic carbocycles. The highest BCUT2D eigenvalue weighted by Crippen LogP contribution is 2.22. The summed E-state index contributed by atoms with van der Waals surface area (Å²) in [6.45, 7) is 4.75. The molecule has 0 aliphatic rings. The molecule has 0 bridgehead atoms. The van der Waals surface area contributed by atoms with Crippen LogP contribution in [0.4, 0.5) is 0 Å². The molecule has 0 aliphatic carbocycles. The van der Waals surface area contributed by atoms with Crippen LogP contribution in [-0.4, -0.2) is 40.4 Å². The minimum absolute atomic E-state index is 0.000982. The van der Waals surface area contributed by atoms with Gasteiger partial charge in [-0.15, -0.1) is 5.10 Å². The van der Waals surface area contributed by atoms with E-state index in [2.05, 4.69) is 20.2 Å². The molecule has 8 heteroatoms. The van der Waals surface area contributed by atoms with E-state index in [-0.39, 0.29) is 12.8 Å². The topological polar surface area (TPSA) is 98.2 Å². The van der Waals surface area contributed by atoms with E-state index in [1.54, 1.807) is 10.7 Å². The molecule has 114 valence electrons. The molecule has 0 spiro atoms. The monoisotopic (exact) mass is 300 g/mol. The molecule has 22 heavy (non-hydrogen) atoms. The number of rotatable bonds is 5. The quantitative estimate of drug-likeness (QED) is 0.763. The molecule has 0 saturated carbocycles. The molecule has 3 rings (SSSR count). The maximum absolute atomic E-state index is 10.7. The van der Waals surface area contributed by atoms with Crippen LogP contribution in [0.15, 0.2) is 18.5 Å². The average molecular weight is 300 g/mol. The molecule has 8 nitrogen and oxygen atoms in total. The molecule has 3 aromatic heterocycles. The highest BCUT2D eigenvalue weighted by atomic mass is 16.4. The van der Waals surface area contributed by atoms with Gasteiger partial charge in [-0.3, -0.25) is 9.48 Å². The fourth-order valence-corrected chi connectivity index (χ4v) is 2.30. The van der Waals surface area contributed by atoms with Gasteiger partial charge in [0.2, 0.25) is 0 Å². The van der Waals surface area contributed by atoms with E-state index in [0.29, 0.717) is 11.6 Å². The lowest BCUT2D eigenvalue weighted by atomic mass is 10.2. The van der Waals surface area contributed by atoms with E-state index >= 15 is 0 Å². The van der Waals surface area contributed by atoms with Crippen molar-refractivity contribution in [1.29, 1.82) is 0 Å². The summed E-state index contributed by atoms with van der Waals surface area (Å²) < 4.78 is 3.50. The Labute approximate surface area is 126 Å². The SMILES string of the molecule is CCn1cc(-c2ccnc3nc(CCC(=O)O)nn23)c(C)n1. The van der Waals surface area contributed by atoms with Gasteiger partial charge < -0.3 is 5.11 Å². The number of nitrogens with zero attached hydrogens (tertiary/aromatic N) is 6. The molecular weight excluding hydrogens is 284 g/mol. The Hall–Kier alpha value is -2.77. The average Bonchev–Trinajstić information content (AvgIpc) is 3.07. The second-order valence-electron chi connectivity index (χ2n) is 4.95. The van der Waals surface area contributed by atoms with Crippen molar-refractivity contribution in [1.82, 2.24) is 29.4 Å². The Morgan fingerprint density at radius 1 is 1.36 bits per heavy atom. The lowest BCUT2D eigenvalue weighted by Crippen LogP contribution is -2.00. The van der Waals surface area contributed by atoms with Crippen molar-refractivity contribution in [3.05, 3.63) is 30.0 Å². The fourth-order valence-electron chi connectivity index (χ4n) is 2.30. The summed E-state index contributed by atoms with van der Waals surface area (Å²) in [5, 5.41) is 17.6. The Kier molecular flexibility index (Phi) is 3.58. The molecule has 1 N–H and O–H groups in total. The van der Waals surface area contributed by atoms with E-state index in [1.807, 2.05) is 30.8 Å². The van der Waals surface area contributed by atoms with Gasteiger partial charge in [0.1, 0.15) is 0 Å². The molecule has 3 aromatic rings. The number of aliphatic carboxylic acids is 1. The van der Waals surface area contributed by atoms with Crippen LogP contribution >= 0.6 is 0 Å². The first-order valence-corrected chi connectivity index (χ1v) is 7.05. The van der Waals surface area contributed by atoms with E-state index in [1.165, 1.54) is 0 Å². The van der Waals surface area contributed by atoms with Crippen molar-refractivity contribution >= 4 is 11.7 Å². The zero-order valence-corrected chi connectivity index (χ0v) is 12.4. The smallest absolute Gasteiger partial charge is 0.303 e. The standard InChI is InChI=1S/C14H16N6O2/c1-3-19-8-10(9(2)17-19)11-6-7-15-14-16-12(18-20(11)14)4-5-13(21)22/h6-8H,3-5H2,1-2H3,(H,21,22). The van der Waals surface area contributed by atoms with Gasteiger partial charge in [-0.2, -0.15) is 14.6 Å². The van der Waals surface area contributed by atoms with Crippen LogP contribution in [0.25, 0.3) is 17.0 Å². The minimum atomic E-state index is -0.868. The number of hydrogen-bond donors (Lipinski definition) is 1. The normalized spacial score (nSPS) is 11.2. The highest BCUT2D eigenvalue weighted by molar-refractivity contribution is 5.67. The molecule has 0 atom stereocenters. The number of hydrogen-bond acceptors (Lipinski definition) is 5. The number of carbonyl (C=O) groups is 1. The van der Waals surface area contributed by atoms with Gasteiger partial charge in [-0.05, 0) is 19.9 Å². The van der Waals surface area contributed by atoms with Gasteiger partial charge >= 0.3 is 5.97 Å². The Balaban J connectivity index is 2.05. The van der Waals surface area contributed by atoms with Crippen molar-refractivity contribution in [2.45, 2.75) is 33.2 Å². The predicted octanol–water partition coefficient (Wildman–Crippen LogP) is 1.33. The van der Waals surface area contributed by atoms with Crippen LogP contribution in [0.1, 0.15) is 24.9 Å². The van der Waals surface area contributed by atoms with Crippen molar-refractivity contribution in [3.63, 3.8) is 0 Å². The van der Waals surface area contributed by atoms with Crippen molar-refractivity contribution in [2.24, 2.45) is 0 Å². The summed E-state index contributed by atoms with van der Waals surface area (Å²) in [4.78, 5) is 19.1. The summed E-state index contributed by atoms with van der Waals surface area (Å²) in [6.07, 6.45) is 3.91. The number of aromatic nitrogens is 6. The zero-order chi connectivity index (χ0) is 15.7. The van der Waals surface area contributed by atoms with Gasteiger partial charge in [0.25, 0.3) is 5.78 Å². The van der Waals surface area contributed by atoms with Gasteiger partial charge in [-0.1, -0.05) is 0 Å². The Morgan fingerprint density at radius 2 is 2.18 bits per heavy atom. The number of carboxylic acids is 1. The second kappa shape index (κ2) is 5.55. The molecule has 0 aliphatic heterocycles. The van der Waals surface area contributed by atoms with E-state index in [4.69, 9.17) is 5.11 Å². The van der Waals surface area contributed by atoms with Gasteiger partial charge in [0.05, 0.1) is 17.8 Å². The molecule has 0 saturated heterocycles. The van der Waals surface area contributed by atoms with Crippen LogP contribution in [0.5, 0.6) is 0 Å². The predicted molar refractivity (Wildman–Crippen MR) is 78.4 cm³/mol. The number of carboxylic acid groups (broad SMARTS) is 1. The lowest BCUT2D eigenvalue weighted by molar-refractivity contribution is -0.137. The second-order valence-corrected chi connectivity index (χ2v) is 4.95. The Bertz CT molecular complexity index is 835. The molecule has 0 fully saturated rings. The summed E-state index contributed by atoms with van der Waals surface area (Å²) in [6, 6.07) is 1.85. The van der Waals surface area contributed by atoms with Gasteiger partial charge in [-0.25, -0.2) is 4.98 Å². The minimum Gasteiger partial charge on any atom is -0.481 e. The Morgan fingerprint density at radius 3 is 2.86 bits per heavy atom. The van der Waals surface area contributed by atoms with Gasteiger partial charge in [0, 0.05) is 30.9 Å². The summed E-state index contributed by atoms with van der Waals surface area (Å²) in [5.41, 5.74) is 2.71. The molecular formula is C14H16N6O2.